The van der Waals surface area contributed by atoms with Crippen molar-refractivity contribution < 1.29 is 0 Å². The van der Waals surface area contributed by atoms with E-state index in [0.717, 1.165) is 40.1 Å². The van der Waals surface area contributed by atoms with Crippen LogP contribution in [0, 0.1) is 0 Å². The molecule has 0 aliphatic carbocycles. The SMILES string of the molecule is Clc1ccc(CNCCc2c(Cl)cccc2Cl)cc1. The molecule has 0 aliphatic heterocycles. The fraction of sp³-hybridized carbons (Fsp3) is 0.200. The molecule has 0 spiro atoms. The lowest BCUT2D eigenvalue weighted by Gasteiger charge is -2.08. The minimum atomic E-state index is 0.723. The van der Waals surface area contributed by atoms with Crippen LogP contribution in [0.25, 0.3) is 0 Å². The Morgan fingerprint density at radius 3 is 2.11 bits per heavy atom. The molecule has 0 saturated carbocycles. The second-order valence-corrected chi connectivity index (χ2v) is 5.50. The average molecular weight is 315 g/mol. The first-order valence-electron chi connectivity index (χ1n) is 6.05. The number of halogens is 3. The maximum absolute atomic E-state index is 6.12. The number of benzene rings is 2. The van der Waals surface area contributed by atoms with E-state index in [1.54, 1.807) is 0 Å². The number of hydrogen-bond donors (Lipinski definition) is 1. The van der Waals surface area contributed by atoms with Crippen molar-refractivity contribution in [1.82, 2.24) is 5.32 Å². The van der Waals surface area contributed by atoms with Crippen molar-refractivity contribution in [2.75, 3.05) is 6.54 Å². The van der Waals surface area contributed by atoms with Crippen LogP contribution in [0.3, 0.4) is 0 Å². The van der Waals surface area contributed by atoms with Crippen molar-refractivity contribution in [3.8, 4) is 0 Å². The normalized spacial score (nSPS) is 10.7. The van der Waals surface area contributed by atoms with Crippen molar-refractivity contribution in [3.63, 3.8) is 0 Å². The first kappa shape index (κ1) is 14.7. The summed E-state index contributed by atoms with van der Waals surface area (Å²) in [6.45, 7) is 1.63. The van der Waals surface area contributed by atoms with E-state index < -0.39 is 0 Å². The van der Waals surface area contributed by atoms with E-state index in [0.29, 0.717) is 0 Å². The summed E-state index contributed by atoms with van der Waals surface area (Å²) >= 11 is 18.1. The number of hydrogen-bond acceptors (Lipinski definition) is 1. The zero-order valence-corrected chi connectivity index (χ0v) is 12.6. The van der Waals surface area contributed by atoms with Crippen LogP contribution >= 0.6 is 34.8 Å². The highest BCUT2D eigenvalue weighted by atomic mass is 35.5. The molecule has 2 rings (SSSR count). The molecule has 0 aromatic heterocycles. The summed E-state index contributed by atoms with van der Waals surface area (Å²) in [5, 5.41) is 5.57. The summed E-state index contributed by atoms with van der Waals surface area (Å²) in [6, 6.07) is 13.4. The quantitative estimate of drug-likeness (QED) is 0.768. The van der Waals surface area contributed by atoms with Gasteiger partial charge in [-0.1, -0.05) is 53.0 Å². The van der Waals surface area contributed by atoms with Crippen molar-refractivity contribution in [3.05, 3.63) is 68.7 Å². The highest BCUT2D eigenvalue weighted by Gasteiger charge is 2.04. The molecule has 100 valence electrons. The van der Waals surface area contributed by atoms with Crippen LogP contribution in [0.5, 0.6) is 0 Å². The number of rotatable bonds is 5. The zero-order chi connectivity index (χ0) is 13.7. The van der Waals surface area contributed by atoms with Gasteiger partial charge in [0.25, 0.3) is 0 Å². The van der Waals surface area contributed by atoms with Gasteiger partial charge >= 0.3 is 0 Å². The van der Waals surface area contributed by atoms with E-state index in [2.05, 4.69) is 5.32 Å². The molecule has 2 aromatic carbocycles. The van der Waals surface area contributed by atoms with Gasteiger partial charge in [-0.05, 0) is 48.4 Å². The van der Waals surface area contributed by atoms with Crippen molar-refractivity contribution in [1.29, 1.82) is 0 Å². The highest BCUT2D eigenvalue weighted by Crippen LogP contribution is 2.24. The molecule has 1 N–H and O–H groups in total. The predicted molar refractivity (Wildman–Crippen MR) is 83.3 cm³/mol. The molecule has 1 nitrogen and oxygen atoms in total. The van der Waals surface area contributed by atoms with Crippen LogP contribution in [0.1, 0.15) is 11.1 Å². The molecule has 0 fully saturated rings. The smallest absolute Gasteiger partial charge is 0.0453 e. The van der Waals surface area contributed by atoms with Crippen LogP contribution in [0.4, 0.5) is 0 Å². The Morgan fingerprint density at radius 1 is 0.842 bits per heavy atom. The fourth-order valence-corrected chi connectivity index (χ4v) is 2.53. The van der Waals surface area contributed by atoms with Crippen LogP contribution in [-0.4, -0.2) is 6.54 Å². The minimum absolute atomic E-state index is 0.723. The fourth-order valence-electron chi connectivity index (χ4n) is 1.82. The van der Waals surface area contributed by atoms with Gasteiger partial charge in [-0.2, -0.15) is 0 Å². The van der Waals surface area contributed by atoms with Crippen LogP contribution in [-0.2, 0) is 13.0 Å². The highest BCUT2D eigenvalue weighted by molar-refractivity contribution is 6.36. The number of nitrogens with one attached hydrogen (secondary N) is 1. The van der Waals surface area contributed by atoms with E-state index in [4.69, 9.17) is 34.8 Å². The monoisotopic (exact) mass is 313 g/mol. The van der Waals surface area contributed by atoms with Crippen molar-refractivity contribution >= 4 is 34.8 Å². The third kappa shape index (κ3) is 4.39. The molecule has 0 atom stereocenters. The first-order valence-corrected chi connectivity index (χ1v) is 7.18. The van der Waals surface area contributed by atoms with E-state index in [1.807, 2.05) is 42.5 Å². The molecular formula is C15H14Cl3N. The van der Waals surface area contributed by atoms with Crippen LogP contribution in [0.2, 0.25) is 15.1 Å². The summed E-state index contributed by atoms with van der Waals surface area (Å²) in [5.74, 6) is 0. The summed E-state index contributed by atoms with van der Waals surface area (Å²) in [6.07, 6.45) is 0.812. The average Bonchev–Trinajstić information content (AvgIpc) is 2.39. The topological polar surface area (TPSA) is 12.0 Å². The van der Waals surface area contributed by atoms with E-state index in [1.165, 1.54) is 5.56 Å². The predicted octanol–water partition coefficient (Wildman–Crippen LogP) is 4.98. The van der Waals surface area contributed by atoms with E-state index in [9.17, 15) is 0 Å². The Hall–Kier alpha value is -0.730. The largest absolute Gasteiger partial charge is 0.312 e. The lowest BCUT2D eigenvalue weighted by Crippen LogP contribution is -2.16. The summed E-state index contributed by atoms with van der Waals surface area (Å²) in [5.41, 5.74) is 2.20. The van der Waals surface area contributed by atoms with Gasteiger partial charge < -0.3 is 5.32 Å². The third-order valence-electron chi connectivity index (χ3n) is 2.86. The first-order chi connectivity index (χ1) is 9.16. The van der Waals surface area contributed by atoms with Gasteiger partial charge in [-0.15, -0.1) is 0 Å². The second-order valence-electron chi connectivity index (χ2n) is 4.25. The molecule has 0 radical (unpaired) electrons. The Kier molecular flexibility index (Phi) is 5.53. The van der Waals surface area contributed by atoms with Gasteiger partial charge in [0.05, 0.1) is 0 Å². The van der Waals surface area contributed by atoms with Crippen LogP contribution in [0.15, 0.2) is 42.5 Å². The maximum atomic E-state index is 6.12. The second kappa shape index (κ2) is 7.16. The summed E-state index contributed by atoms with van der Waals surface area (Å²) < 4.78 is 0. The molecule has 4 heteroatoms. The Bertz CT molecular complexity index is 517. The Balaban J connectivity index is 1.82. The van der Waals surface area contributed by atoms with E-state index in [-0.39, 0.29) is 0 Å². The van der Waals surface area contributed by atoms with Gasteiger partial charge in [0, 0.05) is 21.6 Å². The molecule has 0 saturated heterocycles. The van der Waals surface area contributed by atoms with Gasteiger partial charge in [0.15, 0.2) is 0 Å². The molecule has 0 amide bonds. The lowest BCUT2D eigenvalue weighted by molar-refractivity contribution is 0.687. The molecule has 2 aromatic rings. The molecule has 0 bridgehead atoms. The van der Waals surface area contributed by atoms with Crippen LogP contribution < -0.4 is 5.32 Å². The standard InChI is InChI=1S/C15H14Cl3N/c16-12-6-4-11(5-7-12)10-19-9-8-13-14(17)2-1-3-15(13)18/h1-7,19H,8-10H2. The summed E-state index contributed by atoms with van der Waals surface area (Å²) in [4.78, 5) is 0. The minimum Gasteiger partial charge on any atom is -0.312 e. The molecule has 0 aliphatic rings. The third-order valence-corrected chi connectivity index (χ3v) is 3.82. The molecule has 0 heterocycles. The maximum Gasteiger partial charge on any atom is 0.0453 e. The zero-order valence-electron chi connectivity index (χ0n) is 10.3. The van der Waals surface area contributed by atoms with E-state index >= 15 is 0 Å². The Labute approximate surface area is 128 Å². The van der Waals surface area contributed by atoms with Gasteiger partial charge in [0.1, 0.15) is 0 Å². The Morgan fingerprint density at radius 2 is 1.47 bits per heavy atom. The molecule has 19 heavy (non-hydrogen) atoms. The van der Waals surface area contributed by atoms with Gasteiger partial charge in [-0.25, -0.2) is 0 Å². The van der Waals surface area contributed by atoms with Crippen molar-refractivity contribution in [2.45, 2.75) is 13.0 Å². The summed E-state index contributed by atoms with van der Waals surface area (Å²) in [7, 11) is 0. The van der Waals surface area contributed by atoms with Gasteiger partial charge in [-0.3, -0.25) is 0 Å². The molecular weight excluding hydrogens is 301 g/mol. The van der Waals surface area contributed by atoms with Crippen molar-refractivity contribution in [2.24, 2.45) is 0 Å². The lowest BCUT2D eigenvalue weighted by atomic mass is 10.1. The van der Waals surface area contributed by atoms with Gasteiger partial charge in [0.2, 0.25) is 0 Å². The molecule has 0 unspecified atom stereocenters.